The van der Waals surface area contributed by atoms with Crippen LogP contribution in [0.15, 0.2) is 41.0 Å². The second-order valence-corrected chi connectivity index (χ2v) is 6.32. The van der Waals surface area contributed by atoms with E-state index in [-0.39, 0.29) is 23.8 Å². The number of carbonyl (C=O) groups is 3. The smallest absolute Gasteiger partial charge is 0.335 e. The van der Waals surface area contributed by atoms with E-state index >= 15 is 0 Å². The third-order valence-corrected chi connectivity index (χ3v) is 3.80. The standard InChI is InChI=1S/C19H22N2O6/c1-11(2)16(21-17(22)15-5-4-6-27-15)18(23)20-14-8-12(10-26-3)7-13(9-14)19(24)25/h4-9,11,16H,10H2,1-3H3,(H,20,23)(H,21,22)(H,24,25). The number of ether oxygens (including phenoxy) is 1. The van der Waals surface area contributed by atoms with Crippen molar-refractivity contribution in [3.8, 4) is 0 Å². The van der Waals surface area contributed by atoms with Crippen molar-refractivity contribution in [2.24, 2.45) is 5.92 Å². The minimum Gasteiger partial charge on any atom is -0.478 e. The number of methoxy groups -OCH3 is 1. The molecule has 144 valence electrons. The van der Waals surface area contributed by atoms with Gasteiger partial charge in [0.2, 0.25) is 5.91 Å². The molecule has 0 fully saturated rings. The molecule has 3 N–H and O–H groups in total. The van der Waals surface area contributed by atoms with E-state index in [4.69, 9.17) is 9.15 Å². The van der Waals surface area contributed by atoms with Crippen LogP contribution in [0.2, 0.25) is 0 Å². The normalized spacial score (nSPS) is 11.9. The number of benzene rings is 1. The summed E-state index contributed by atoms with van der Waals surface area (Å²) in [6, 6.07) is 6.69. The van der Waals surface area contributed by atoms with E-state index in [0.717, 1.165) is 0 Å². The van der Waals surface area contributed by atoms with E-state index in [0.29, 0.717) is 11.3 Å². The number of carboxylic acid groups (broad SMARTS) is 1. The molecule has 1 atom stereocenters. The quantitative estimate of drug-likeness (QED) is 0.653. The van der Waals surface area contributed by atoms with Crippen LogP contribution in [0.4, 0.5) is 5.69 Å². The lowest BCUT2D eigenvalue weighted by molar-refractivity contribution is -0.118. The molecule has 1 unspecified atom stereocenters. The summed E-state index contributed by atoms with van der Waals surface area (Å²) < 4.78 is 10.1. The van der Waals surface area contributed by atoms with Gasteiger partial charge < -0.3 is 24.9 Å². The molecule has 0 aliphatic carbocycles. The molecule has 1 aromatic heterocycles. The first-order valence-electron chi connectivity index (χ1n) is 8.33. The number of hydrogen-bond acceptors (Lipinski definition) is 5. The molecule has 1 heterocycles. The summed E-state index contributed by atoms with van der Waals surface area (Å²) >= 11 is 0. The Kier molecular flexibility index (Phi) is 6.73. The maximum atomic E-state index is 12.7. The van der Waals surface area contributed by atoms with Gasteiger partial charge in [-0.05, 0) is 41.8 Å². The van der Waals surface area contributed by atoms with Gasteiger partial charge in [-0.15, -0.1) is 0 Å². The average molecular weight is 374 g/mol. The van der Waals surface area contributed by atoms with E-state index in [9.17, 15) is 19.5 Å². The first kappa shape index (κ1) is 20.2. The highest BCUT2D eigenvalue weighted by molar-refractivity contribution is 6.01. The zero-order chi connectivity index (χ0) is 20.0. The molecule has 2 amide bonds. The number of nitrogens with one attached hydrogen (secondary N) is 2. The number of carboxylic acids is 1. The van der Waals surface area contributed by atoms with E-state index in [2.05, 4.69) is 10.6 Å². The molecule has 0 radical (unpaired) electrons. The Morgan fingerprint density at radius 2 is 1.96 bits per heavy atom. The van der Waals surface area contributed by atoms with Crippen LogP contribution in [0.1, 0.15) is 40.3 Å². The molecule has 0 spiro atoms. The van der Waals surface area contributed by atoms with Gasteiger partial charge >= 0.3 is 5.97 Å². The first-order valence-corrected chi connectivity index (χ1v) is 8.33. The van der Waals surface area contributed by atoms with E-state index in [1.54, 1.807) is 26.0 Å². The first-order chi connectivity index (χ1) is 12.8. The molecule has 27 heavy (non-hydrogen) atoms. The Balaban J connectivity index is 2.19. The number of furan rings is 1. The van der Waals surface area contributed by atoms with Gasteiger partial charge in [-0.2, -0.15) is 0 Å². The fraction of sp³-hybridized carbons (Fsp3) is 0.316. The summed E-state index contributed by atoms with van der Waals surface area (Å²) in [6.07, 6.45) is 1.37. The number of hydrogen-bond donors (Lipinski definition) is 3. The Labute approximate surface area is 156 Å². The van der Waals surface area contributed by atoms with Crippen molar-refractivity contribution in [2.45, 2.75) is 26.5 Å². The van der Waals surface area contributed by atoms with Crippen LogP contribution in [-0.2, 0) is 16.1 Å². The third-order valence-electron chi connectivity index (χ3n) is 3.80. The van der Waals surface area contributed by atoms with Crippen molar-refractivity contribution in [3.63, 3.8) is 0 Å². The van der Waals surface area contributed by atoms with Crippen molar-refractivity contribution in [2.75, 3.05) is 12.4 Å². The number of aromatic carboxylic acids is 1. The van der Waals surface area contributed by atoms with Crippen LogP contribution in [0.25, 0.3) is 0 Å². The molecule has 0 aliphatic rings. The maximum absolute atomic E-state index is 12.7. The lowest BCUT2D eigenvalue weighted by atomic mass is 10.0. The fourth-order valence-corrected chi connectivity index (χ4v) is 2.51. The molecule has 2 rings (SSSR count). The molecule has 0 aliphatic heterocycles. The number of amides is 2. The lowest BCUT2D eigenvalue weighted by Gasteiger charge is -2.21. The van der Waals surface area contributed by atoms with Crippen LogP contribution in [0, 0.1) is 5.92 Å². The largest absolute Gasteiger partial charge is 0.478 e. The molecular weight excluding hydrogens is 352 g/mol. The molecule has 1 aromatic carbocycles. The van der Waals surface area contributed by atoms with Gasteiger partial charge in [0.05, 0.1) is 18.4 Å². The Morgan fingerprint density at radius 1 is 1.22 bits per heavy atom. The predicted octanol–water partition coefficient (Wildman–Crippen LogP) is 2.52. The van der Waals surface area contributed by atoms with Crippen molar-refractivity contribution in [1.82, 2.24) is 5.32 Å². The average Bonchev–Trinajstić information content (AvgIpc) is 3.13. The summed E-state index contributed by atoms with van der Waals surface area (Å²) in [7, 11) is 1.49. The highest BCUT2D eigenvalue weighted by atomic mass is 16.5. The highest BCUT2D eigenvalue weighted by Crippen LogP contribution is 2.17. The van der Waals surface area contributed by atoms with E-state index in [1.165, 1.54) is 31.6 Å². The molecule has 0 bridgehead atoms. The number of rotatable bonds is 8. The van der Waals surface area contributed by atoms with Crippen LogP contribution in [-0.4, -0.2) is 36.0 Å². The Bertz CT molecular complexity index is 814. The summed E-state index contributed by atoms with van der Waals surface area (Å²) in [5, 5.41) is 14.5. The van der Waals surface area contributed by atoms with Gasteiger partial charge in [0.15, 0.2) is 5.76 Å². The minimum absolute atomic E-state index is 0.0283. The van der Waals surface area contributed by atoms with Gasteiger partial charge in [0, 0.05) is 12.8 Å². The van der Waals surface area contributed by atoms with Gasteiger partial charge in [-0.25, -0.2) is 4.79 Å². The third kappa shape index (κ3) is 5.42. The number of carbonyl (C=O) groups excluding carboxylic acids is 2. The van der Waals surface area contributed by atoms with Gasteiger partial charge in [-0.3, -0.25) is 9.59 Å². The molecule has 0 saturated carbocycles. The van der Waals surface area contributed by atoms with Gasteiger partial charge in [0.25, 0.3) is 5.91 Å². The van der Waals surface area contributed by atoms with E-state index < -0.39 is 23.8 Å². The highest BCUT2D eigenvalue weighted by Gasteiger charge is 2.26. The van der Waals surface area contributed by atoms with E-state index in [1.807, 2.05) is 0 Å². The van der Waals surface area contributed by atoms with Gasteiger partial charge in [0.1, 0.15) is 6.04 Å². The van der Waals surface area contributed by atoms with Crippen LogP contribution < -0.4 is 10.6 Å². The summed E-state index contributed by atoms with van der Waals surface area (Å²) in [4.78, 5) is 36.1. The summed E-state index contributed by atoms with van der Waals surface area (Å²) in [5.74, 6) is -2.19. The topological polar surface area (TPSA) is 118 Å². The summed E-state index contributed by atoms with van der Waals surface area (Å²) in [5.41, 5.74) is 0.943. The molecular formula is C19H22N2O6. The van der Waals surface area contributed by atoms with Crippen LogP contribution in [0.3, 0.4) is 0 Å². The van der Waals surface area contributed by atoms with Crippen LogP contribution >= 0.6 is 0 Å². The molecule has 2 aromatic rings. The summed E-state index contributed by atoms with van der Waals surface area (Å²) in [6.45, 7) is 3.78. The lowest BCUT2D eigenvalue weighted by Crippen LogP contribution is -2.47. The Hall–Kier alpha value is -3.13. The SMILES string of the molecule is COCc1cc(NC(=O)C(NC(=O)c2ccco2)C(C)C)cc(C(=O)O)c1. The van der Waals surface area contributed by atoms with Crippen molar-refractivity contribution >= 4 is 23.5 Å². The molecule has 0 saturated heterocycles. The minimum atomic E-state index is -1.12. The fourth-order valence-electron chi connectivity index (χ4n) is 2.51. The van der Waals surface area contributed by atoms with Crippen molar-refractivity contribution in [1.29, 1.82) is 0 Å². The van der Waals surface area contributed by atoms with Crippen molar-refractivity contribution in [3.05, 3.63) is 53.5 Å². The van der Waals surface area contributed by atoms with Gasteiger partial charge in [-0.1, -0.05) is 13.8 Å². The maximum Gasteiger partial charge on any atom is 0.335 e. The Morgan fingerprint density at radius 3 is 2.52 bits per heavy atom. The predicted molar refractivity (Wildman–Crippen MR) is 97.5 cm³/mol. The number of anilines is 1. The zero-order valence-electron chi connectivity index (χ0n) is 15.3. The second-order valence-electron chi connectivity index (χ2n) is 6.32. The molecule has 8 nitrogen and oxygen atoms in total. The second kappa shape index (κ2) is 9.00. The molecule has 8 heteroatoms. The monoisotopic (exact) mass is 374 g/mol. The van der Waals surface area contributed by atoms with Crippen molar-refractivity contribution < 1.29 is 28.6 Å². The zero-order valence-corrected chi connectivity index (χ0v) is 15.3. The van der Waals surface area contributed by atoms with Crippen LogP contribution in [0.5, 0.6) is 0 Å².